The highest BCUT2D eigenvalue weighted by molar-refractivity contribution is 5.78. The number of nitrogens with one attached hydrogen (secondary N) is 2. The summed E-state index contributed by atoms with van der Waals surface area (Å²) in [5.74, 6) is 1.03. The van der Waals surface area contributed by atoms with E-state index >= 15 is 0 Å². The number of nitrogens with zero attached hydrogens (tertiary/aromatic N) is 1. The summed E-state index contributed by atoms with van der Waals surface area (Å²) in [7, 11) is 0. The van der Waals surface area contributed by atoms with Crippen molar-refractivity contribution < 1.29 is 4.79 Å². The van der Waals surface area contributed by atoms with E-state index in [4.69, 9.17) is 0 Å². The van der Waals surface area contributed by atoms with Crippen LogP contribution in [0.2, 0.25) is 0 Å². The van der Waals surface area contributed by atoms with E-state index in [1.165, 1.54) is 0 Å². The van der Waals surface area contributed by atoms with Crippen LogP contribution in [0.5, 0.6) is 0 Å². The van der Waals surface area contributed by atoms with Crippen molar-refractivity contribution >= 4 is 5.91 Å². The van der Waals surface area contributed by atoms with Gasteiger partial charge in [0.25, 0.3) is 0 Å². The Labute approximate surface area is 90.5 Å². The average Bonchev–Trinajstić information content (AvgIpc) is 2.72. The first-order valence-corrected chi connectivity index (χ1v) is 5.48. The minimum absolute atomic E-state index is 0.0481. The van der Waals surface area contributed by atoms with Crippen molar-refractivity contribution in [2.75, 3.05) is 0 Å². The number of carbonyl (C=O) groups is 1. The molecule has 0 fully saturated rings. The van der Waals surface area contributed by atoms with Gasteiger partial charge in [0.1, 0.15) is 5.82 Å². The van der Waals surface area contributed by atoms with Crippen LogP contribution in [0.1, 0.15) is 45.5 Å². The van der Waals surface area contributed by atoms with Crippen molar-refractivity contribution in [2.24, 2.45) is 5.92 Å². The summed E-state index contributed by atoms with van der Waals surface area (Å²) in [6.07, 6.45) is 5.21. The summed E-state index contributed by atoms with van der Waals surface area (Å²) >= 11 is 0. The number of hydrogen-bond donors (Lipinski definition) is 2. The molecule has 0 aromatic carbocycles. The largest absolute Gasteiger partial charge is 0.347 e. The Morgan fingerprint density at radius 1 is 1.53 bits per heavy atom. The van der Waals surface area contributed by atoms with Crippen LogP contribution in [-0.2, 0) is 4.79 Å². The predicted octanol–water partition coefficient (Wildman–Crippen LogP) is 2.02. The first kappa shape index (κ1) is 11.8. The van der Waals surface area contributed by atoms with E-state index in [0.29, 0.717) is 0 Å². The zero-order valence-electron chi connectivity index (χ0n) is 9.58. The number of imidazole rings is 1. The molecule has 1 amide bonds. The monoisotopic (exact) mass is 209 g/mol. The SMILES string of the molecule is CCC(CC)C(=O)NC(C)c1ncc[nH]1. The van der Waals surface area contributed by atoms with Crippen LogP contribution >= 0.6 is 0 Å². The number of H-pyrrole nitrogens is 1. The smallest absolute Gasteiger partial charge is 0.223 e. The second kappa shape index (κ2) is 5.53. The van der Waals surface area contributed by atoms with E-state index in [2.05, 4.69) is 15.3 Å². The maximum atomic E-state index is 11.8. The van der Waals surface area contributed by atoms with E-state index in [9.17, 15) is 4.79 Å². The third-order valence-corrected chi connectivity index (χ3v) is 2.64. The van der Waals surface area contributed by atoms with Gasteiger partial charge in [0.2, 0.25) is 5.91 Å². The summed E-state index contributed by atoms with van der Waals surface area (Å²) < 4.78 is 0. The fourth-order valence-corrected chi connectivity index (χ4v) is 1.57. The summed E-state index contributed by atoms with van der Waals surface area (Å²) in [4.78, 5) is 18.9. The van der Waals surface area contributed by atoms with Gasteiger partial charge in [-0.2, -0.15) is 0 Å². The van der Waals surface area contributed by atoms with Gasteiger partial charge in [0.15, 0.2) is 0 Å². The van der Waals surface area contributed by atoms with Crippen molar-refractivity contribution in [3.05, 3.63) is 18.2 Å². The zero-order chi connectivity index (χ0) is 11.3. The van der Waals surface area contributed by atoms with Crippen molar-refractivity contribution in [3.63, 3.8) is 0 Å². The van der Waals surface area contributed by atoms with Crippen LogP contribution in [0.25, 0.3) is 0 Å². The molecule has 4 heteroatoms. The molecule has 0 aliphatic rings. The minimum Gasteiger partial charge on any atom is -0.347 e. The lowest BCUT2D eigenvalue weighted by Gasteiger charge is -2.16. The Hall–Kier alpha value is -1.32. The van der Waals surface area contributed by atoms with Crippen LogP contribution in [0.4, 0.5) is 0 Å². The molecule has 0 bridgehead atoms. The van der Waals surface area contributed by atoms with Gasteiger partial charge in [-0.1, -0.05) is 13.8 Å². The van der Waals surface area contributed by atoms with Crippen LogP contribution in [0.3, 0.4) is 0 Å². The Morgan fingerprint density at radius 3 is 2.67 bits per heavy atom. The molecule has 1 heterocycles. The van der Waals surface area contributed by atoms with Crippen molar-refractivity contribution in [3.8, 4) is 0 Å². The van der Waals surface area contributed by atoms with E-state index in [-0.39, 0.29) is 17.9 Å². The Bertz CT molecular complexity index is 291. The number of carbonyl (C=O) groups excluding carboxylic acids is 1. The molecular formula is C11H19N3O. The summed E-state index contributed by atoms with van der Waals surface area (Å²) in [5.41, 5.74) is 0. The fraction of sp³-hybridized carbons (Fsp3) is 0.636. The number of aromatic nitrogens is 2. The van der Waals surface area contributed by atoms with Crippen LogP contribution < -0.4 is 5.32 Å². The number of amides is 1. The molecule has 0 spiro atoms. The molecule has 0 saturated carbocycles. The van der Waals surface area contributed by atoms with Gasteiger partial charge in [-0.25, -0.2) is 4.98 Å². The molecule has 1 rings (SSSR count). The predicted molar refractivity (Wildman–Crippen MR) is 59.2 cm³/mol. The van der Waals surface area contributed by atoms with Crippen molar-refractivity contribution in [1.82, 2.24) is 15.3 Å². The van der Waals surface area contributed by atoms with Gasteiger partial charge in [0, 0.05) is 18.3 Å². The van der Waals surface area contributed by atoms with E-state index in [0.717, 1.165) is 18.7 Å². The summed E-state index contributed by atoms with van der Waals surface area (Å²) in [5, 5.41) is 2.95. The van der Waals surface area contributed by atoms with E-state index < -0.39 is 0 Å². The standard InChI is InChI=1S/C11H19N3O/c1-4-9(5-2)11(15)14-8(3)10-12-6-7-13-10/h6-9H,4-5H2,1-3H3,(H,12,13)(H,14,15). The average molecular weight is 209 g/mol. The van der Waals surface area contributed by atoms with Gasteiger partial charge in [-0.05, 0) is 19.8 Å². The van der Waals surface area contributed by atoms with Crippen LogP contribution in [-0.4, -0.2) is 15.9 Å². The summed E-state index contributed by atoms with van der Waals surface area (Å²) in [6.45, 7) is 6.00. The second-order valence-corrected chi connectivity index (χ2v) is 3.72. The molecule has 2 N–H and O–H groups in total. The Morgan fingerprint density at radius 2 is 2.20 bits per heavy atom. The number of hydrogen-bond acceptors (Lipinski definition) is 2. The van der Waals surface area contributed by atoms with Gasteiger partial charge >= 0.3 is 0 Å². The topological polar surface area (TPSA) is 57.8 Å². The van der Waals surface area contributed by atoms with Crippen LogP contribution in [0.15, 0.2) is 12.4 Å². The lowest BCUT2D eigenvalue weighted by molar-refractivity contribution is -0.125. The van der Waals surface area contributed by atoms with Crippen molar-refractivity contribution in [1.29, 1.82) is 0 Å². The van der Waals surface area contributed by atoms with E-state index in [1.807, 2.05) is 20.8 Å². The molecule has 4 nitrogen and oxygen atoms in total. The van der Waals surface area contributed by atoms with Gasteiger partial charge in [0.05, 0.1) is 6.04 Å². The fourth-order valence-electron chi connectivity index (χ4n) is 1.57. The van der Waals surface area contributed by atoms with Gasteiger partial charge in [-0.3, -0.25) is 4.79 Å². The number of rotatable bonds is 5. The highest BCUT2D eigenvalue weighted by Gasteiger charge is 2.17. The molecule has 15 heavy (non-hydrogen) atoms. The number of aromatic amines is 1. The highest BCUT2D eigenvalue weighted by Crippen LogP contribution is 2.11. The molecule has 0 aliphatic heterocycles. The molecule has 0 saturated heterocycles. The lowest BCUT2D eigenvalue weighted by Crippen LogP contribution is -2.32. The van der Waals surface area contributed by atoms with Crippen molar-refractivity contribution in [2.45, 2.75) is 39.7 Å². The molecular weight excluding hydrogens is 190 g/mol. The molecule has 1 aromatic rings. The van der Waals surface area contributed by atoms with Gasteiger partial charge < -0.3 is 10.3 Å². The normalized spacial score (nSPS) is 12.8. The van der Waals surface area contributed by atoms with Gasteiger partial charge in [-0.15, -0.1) is 0 Å². The minimum atomic E-state index is -0.0481. The lowest BCUT2D eigenvalue weighted by atomic mass is 10.0. The zero-order valence-corrected chi connectivity index (χ0v) is 9.58. The first-order valence-electron chi connectivity index (χ1n) is 5.48. The summed E-state index contributed by atoms with van der Waals surface area (Å²) in [6, 6.07) is -0.0481. The highest BCUT2D eigenvalue weighted by atomic mass is 16.1. The second-order valence-electron chi connectivity index (χ2n) is 3.72. The molecule has 84 valence electrons. The molecule has 1 atom stereocenters. The Kier molecular flexibility index (Phi) is 4.34. The van der Waals surface area contributed by atoms with Crippen LogP contribution in [0, 0.1) is 5.92 Å². The Balaban J connectivity index is 2.51. The molecule has 0 aliphatic carbocycles. The quantitative estimate of drug-likeness (QED) is 0.779. The third-order valence-electron chi connectivity index (χ3n) is 2.64. The maximum absolute atomic E-state index is 11.8. The molecule has 1 unspecified atom stereocenters. The van der Waals surface area contributed by atoms with E-state index in [1.54, 1.807) is 12.4 Å². The first-order chi connectivity index (χ1) is 7.19. The molecule has 1 aromatic heterocycles. The molecule has 0 radical (unpaired) electrons. The maximum Gasteiger partial charge on any atom is 0.223 e. The third kappa shape index (κ3) is 3.08.